The number of rotatable bonds is 55. The highest BCUT2D eigenvalue weighted by Gasteiger charge is 2.51. The molecule has 468 valence electrons. The number of allylic oxidation sites excluding steroid dienone is 2. The first kappa shape index (κ1) is 73.8. The Balaban J connectivity index is 1.68. The molecule has 0 saturated carbocycles. The largest absolute Gasteiger partial charge is 0.394 e. The predicted molar refractivity (Wildman–Crippen MR) is 319 cm³/mol. The van der Waals surface area contributed by atoms with Crippen LogP contribution in [0.5, 0.6) is 0 Å². The van der Waals surface area contributed by atoms with Gasteiger partial charge in [0.2, 0.25) is 5.91 Å². The molecule has 12 atom stereocenters. The molecule has 2 saturated heterocycles. The summed E-state index contributed by atoms with van der Waals surface area (Å²) in [7, 11) is 0. The van der Waals surface area contributed by atoms with Gasteiger partial charge in [0, 0.05) is 6.42 Å². The van der Waals surface area contributed by atoms with Gasteiger partial charge in [0.15, 0.2) is 12.6 Å². The molecule has 14 heteroatoms. The first-order valence-electron chi connectivity index (χ1n) is 33.4. The summed E-state index contributed by atoms with van der Waals surface area (Å²) < 4.78 is 22.9. The molecule has 12 unspecified atom stereocenters. The molecule has 2 heterocycles. The average molecular weight is 1130 g/mol. The molecule has 0 aromatic heterocycles. The zero-order chi connectivity index (χ0) is 57.4. The van der Waals surface area contributed by atoms with Gasteiger partial charge in [-0.15, -0.1) is 0 Å². The number of amides is 1. The van der Waals surface area contributed by atoms with Gasteiger partial charge in [-0.3, -0.25) is 4.79 Å². The number of ether oxygens (including phenoxy) is 4. The maximum atomic E-state index is 13.3. The van der Waals surface area contributed by atoms with E-state index < -0.39 is 86.8 Å². The summed E-state index contributed by atoms with van der Waals surface area (Å²) >= 11 is 0. The van der Waals surface area contributed by atoms with Crippen LogP contribution < -0.4 is 5.32 Å². The molecule has 0 bridgehead atoms. The molecular weight excluding hydrogens is 1000 g/mol. The van der Waals surface area contributed by atoms with Crippen LogP contribution in [0.25, 0.3) is 0 Å². The van der Waals surface area contributed by atoms with E-state index in [0.717, 1.165) is 51.4 Å². The fourth-order valence-corrected chi connectivity index (χ4v) is 11.4. The summed E-state index contributed by atoms with van der Waals surface area (Å²) in [6.45, 7) is 2.91. The second-order valence-electron chi connectivity index (χ2n) is 24.0. The van der Waals surface area contributed by atoms with Crippen molar-refractivity contribution in [3.05, 3.63) is 12.2 Å². The number of hydrogen-bond acceptors (Lipinski definition) is 13. The molecule has 0 aliphatic carbocycles. The Hall–Kier alpha value is -1.27. The number of nitrogens with one attached hydrogen (secondary N) is 1. The van der Waals surface area contributed by atoms with Crippen LogP contribution in [-0.2, 0) is 23.7 Å². The second-order valence-corrected chi connectivity index (χ2v) is 24.0. The monoisotopic (exact) mass is 1130 g/mol. The summed E-state index contributed by atoms with van der Waals surface area (Å²) in [6.07, 6.45) is 43.6. The number of aliphatic hydroxyl groups excluding tert-OH is 8. The molecule has 2 rings (SSSR count). The fraction of sp³-hybridized carbons (Fsp3) is 0.954. The van der Waals surface area contributed by atoms with E-state index in [4.69, 9.17) is 18.9 Å². The van der Waals surface area contributed by atoms with Gasteiger partial charge in [-0.25, -0.2) is 0 Å². The first-order chi connectivity index (χ1) is 38.6. The standard InChI is InChI=1S/C65H125NO13/c1-3-5-7-9-11-13-15-17-19-21-23-24-25-26-27-28-29-30-31-33-35-37-39-41-43-45-47-49-57(70)66-53(54(69)48-46-44-42-40-38-36-34-32-22-20-18-16-14-12-10-8-6-4-2)52-76-64-62(75)60(73)63(56(51-68)78-64)79-65-61(74)59(72)58(71)55(50-67)77-65/h21,23,53-56,58-65,67-69,71-75H,3-20,22,24-52H2,1-2H3,(H,66,70)/b23-21-. The van der Waals surface area contributed by atoms with Crippen molar-refractivity contribution in [1.29, 1.82) is 0 Å². The summed E-state index contributed by atoms with van der Waals surface area (Å²) in [4.78, 5) is 13.3. The Morgan fingerprint density at radius 1 is 0.443 bits per heavy atom. The fourth-order valence-electron chi connectivity index (χ4n) is 11.4. The van der Waals surface area contributed by atoms with E-state index in [1.807, 2.05) is 0 Å². The lowest BCUT2D eigenvalue weighted by Gasteiger charge is -2.46. The van der Waals surface area contributed by atoms with Crippen molar-refractivity contribution in [3.8, 4) is 0 Å². The van der Waals surface area contributed by atoms with E-state index in [1.165, 1.54) is 225 Å². The summed E-state index contributed by atoms with van der Waals surface area (Å²) in [5.74, 6) is -0.200. The molecule has 2 aliphatic rings. The van der Waals surface area contributed by atoms with Crippen LogP contribution in [0, 0.1) is 0 Å². The van der Waals surface area contributed by atoms with Gasteiger partial charge >= 0.3 is 0 Å². The van der Waals surface area contributed by atoms with Crippen LogP contribution in [0.1, 0.15) is 303 Å². The molecule has 0 aromatic rings. The lowest BCUT2D eigenvalue weighted by molar-refractivity contribution is -0.359. The van der Waals surface area contributed by atoms with Crippen molar-refractivity contribution in [2.24, 2.45) is 0 Å². The average Bonchev–Trinajstić information content (AvgIpc) is 3.46. The van der Waals surface area contributed by atoms with Gasteiger partial charge in [-0.2, -0.15) is 0 Å². The minimum Gasteiger partial charge on any atom is -0.394 e. The molecule has 14 nitrogen and oxygen atoms in total. The van der Waals surface area contributed by atoms with Crippen molar-refractivity contribution >= 4 is 5.91 Å². The molecule has 2 fully saturated rings. The Bertz CT molecular complexity index is 1380. The van der Waals surface area contributed by atoms with E-state index in [-0.39, 0.29) is 12.5 Å². The smallest absolute Gasteiger partial charge is 0.220 e. The predicted octanol–water partition coefficient (Wildman–Crippen LogP) is 12.6. The molecule has 1 amide bonds. The quantitative estimate of drug-likeness (QED) is 0.0204. The minimum absolute atomic E-state index is 0.200. The third-order valence-corrected chi connectivity index (χ3v) is 16.7. The highest BCUT2D eigenvalue weighted by molar-refractivity contribution is 5.76. The summed E-state index contributed by atoms with van der Waals surface area (Å²) in [5.41, 5.74) is 0. The third-order valence-electron chi connectivity index (χ3n) is 16.7. The zero-order valence-corrected chi connectivity index (χ0v) is 50.6. The van der Waals surface area contributed by atoms with Crippen LogP contribution in [-0.4, -0.2) is 140 Å². The number of carbonyl (C=O) groups is 1. The van der Waals surface area contributed by atoms with Gasteiger partial charge in [0.1, 0.15) is 48.8 Å². The lowest BCUT2D eigenvalue weighted by Crippen LogP contribution is -2.65. The molecule has 9 N–H and O–H groups in total. The molecular formula is C65H125NO13. The summed E-state index contributed by atoms with van der Waals surface area (Å²) in [5, 5.41) is 87.5. The number of unbranched alkanes of at least 4 members (excludes halogenated alkanes) is 40. The van der Waals surface area contributed by atoms with Gasteiger partial charge in [-0.05, 0) is 38.5 Å². The maximum absolute atomic E-state index is 13.3. The molecule has 0 aromatic carbocycles. The van der Waals surface area contributed by atoms with Gasteiger partial charge < -0.3 is 65.1 Å². The number of hydrogen-bond donors (Lipinski definition) is 9. The Morgan fingerprint density at radius 3 is 1.20 bits per heavy atom. The highest BCUT2D eigenvalue weighted by Crippen LogP contribution is 2.30. The number of aliphatic hydroxyl groups is 8. The Kier molecular flexibility index (Phi) is 47.8. The highest BCUT2D eigenvalue weighted by atomic mass is 16.7. The summed E-state index contributed by atoms with van der Waals surface area (Å²) in [6, 6.07) is -0.825. The minimum atomic E-state index is -1.78. The van der Waals surface area contributed by atoms with E-state index in [0.29, 0.717) is 12.8 Å². The topological polar surface area (TPSA) is 228 Å². The molecule has 0 spiro atoms. The third kappa shape index (κ3) is 36.2. The van der Waals surface area contributed by atoms with Crippen molar-refractivity contribution in [1.82, 2.24) is 5.32 Å². The van der Waals surface area contributed by atoms with Gasteiger partial charge in [0.05, 0.1) is 32.0 Å². The van der Waals surface area contributed by atoms with E-state index in [1.54, 1.807) is 0 Å². The molecule has 2 aliphatic heterocycles. The van der Waals surface area contributed by atoms with E-state index in [2.05, 4.69) is 31.3 Å². The van der Waals surface area contributed by atoms with Gasteiger partial charge in [0.25, 0.3) is 0 Å². The second kappa shape index (κ2) is 51.2. The van der Waals surface area contributed by atoms with Gasteiger partial charge in [-0.1, -0.05) is 270 Å². The number of carbonyl (C=O) groups excluding carboxylic acids is 1. The molecule has 79 heavy (non-hydrogen) atoms. The van der Waals surface area contributed by atoms with Crippen LogP contribution in [0.2, 0.25) is 0 Å². The lowest BCUT2D eigenvalue weighted by atomic mass is 9.97. The van der Waals surface area contributed by atoms with E-state index >= 15 is 0 Å². The Morgan fingerprint density at radius 2 is 0.797 bits per heavy atom. The van der Waals surface area contributed by atoms with Crippen molar-refractivity contribution in [2.75, 3.05) is 19.8 Å². The first-order valence-corrected chi connectivity index (χ1v) is 33.4. The van der Waals surface area contributed by atoms with Crippen LogP contribution in [0.15, 0.2) is 12.2 Å². The SMILES string of the molecule is CCCCCCCCCC/C=C\CCCCCCCCCCCCCCCCCC(=O)NC(COC1OC(CO)C(OC2OC(CO)C(O)C(O)C2O)C(O)C1O)C(O)CCCCCCCCCCCCCCCCCCCC. The van der Waals surface area contributed by atoms with Crippen molar-refractivity contribution < 1.29 is 64.6 Å². The normalized spacial score (nSPS) is 24.4. The van der Waals surface area contributed by atoms with Crippen molar-refractivity contribution in [2.45, 2.75) is 376 Å². The van der Waals surface area contributed by atoms with E-state index in [9.17, 15) is 45.6 Å². The molecule has 0 radical (unpaired) electrons. The van der Waals surface area contributed by atoms with Crippen LogP contribution in [0.4, 0.5) is 0 Å². The van der Waals surface area contributed by atoms with Crippen LogP contribution >= 0.6 is 0 Å². The van der Waals surface area contributed by atoms with Crippen molar-refractivity contribution in [3.63, 3.8) is 0 Å². The maximum Gasteiger partial charge on any atom is 0.220 e. The zero-order valence-electron chi connectivity index (χ0n) is 50.6. The van der Waals surface area contributed by atoms with Crippen LogP contribution in [0.3, 0.4) is 0 Å². The Labute approximate surface area is 482 Å².